The number of hydrogen-bond acceptors (Lipinski definition) is 3. The van der Waals surface area contributed by atoms with Gasteiger partial charge in [0.2, 0.25) is 0 Å². The number of fused-ring (bicyclic) bond motifs is 7. The minimum atomic E-state index is -0.381. The SMILES string of the molecule is CC(C)=CCc1c(C)cc2c(c1C)C(=O)C1C(C=C(C)CC1c1ccc(C)cc1C)c1c-2cc(C)c2c(=O)c(CC=C(C)C)c(-c3ccc(C)cc3C)oc12. The second-order valence-electron chi connectivity index (χ2n) is 17.2. The van der Waals surface area contributed by atoms with Crippen molar-refractivity contribution in [3.8, 4) is 22.5 Å². The number of allylic oxidation sites excluding steroid dienone is 6. The third kappa shape index (κ3) is 6.70. The van der Waals surface area contributed by atoms with Crippen molar-refractivity contribution < 1.29 is 9.21 Å². The monoisotopic (exact) mass is 728 g/mol. The molecule has 3 heteroatoms. The zero-order valence-corrected chi connectivity index (χ0v) is 34.9. The minimum Gasteiger partial charge on any atom is -0.455 e. The Bertz CT molecular complexity index is 2580. The van der Waals surface area contributed by atoms with Gasteiger partial charge in [-0.1, -0.05) is 94.6 Å². The maximum Gasteiger partial charge on any atom is 0.197 e. The van der Waals surface area contributed by atoms with Crippen molar-refractivity contribution in [1.82, 2.24) is 0 Å². The predicted molar refractivity (Wildman–Crippen MR) is 231 cm³/mol. The van der Waals surface area contributed by atoms with Crippen LogP contribution < -0.4 is 5.43 Å². The molecule has 3 nitrogen and oxygen atoms in total. The Morgan fingerprint density at radius 3 is 1.95 bits per heavy atom. The molecule has 0 N–H and O–H groups in total. The van der Waals surface area contributed by atoms with Crippen LogP contribution in [0.2, 0.25) is 0 Å². The standard InChI is InChI=1S/C52H56O3/c1-27(2)13-17-37-34(10)25-42-43-26-35(11)45-49(53)40(18-14-28(3)4)51(39-20-16-30(6)22-33(39)9)55-52(45)48(43)44-24-31(7)23-41(38-19-15-29(5)21-32(38)8)47(44)50(54)46(42)36(37)12/h13-16,19-22,24-26,41,44,47H,17-18,23H2,1-12H3. The van der Waals surface area contributed by atoms with Gasteiger partial charge in [0.25, 0.3) is 0 Å². The van der Waals surface area contributed by atoms with Crippen LogP contribution in [-0.2, 0) is 12.8 Å². The second kappa shape index (κ2) is 14.6. The molecule has 4 aromatic carbocycles. The zero-order chi connectivity index (χ0) is 39.6. The normalized spacial score (nSPS) is 17.6. The number of aryl methyl sites for hydroxylation is 6. The van der Waals surface area contributed by atoms with Crippen molar-refractivity contribution >= 4 is 16.8 Å². The van der Waals surface area contributed by atoms with Gasteiger partial charge in [0.05, 0.1) is 5.39 Å². The summed E-state index contributed by atoms with van der Waals surface area (Å²) in [4.78, 5) is 30.8. The van der Waals surface area contributed by atoms with E-state index in [0.29, 0.717) is 28.7 Å². The first-order valence-corrected chi connectivity index (χ1v) is 20.0. The fourth-order valence-corrected chi connectivity index (χ4v) is 9.64. The highest BCUT2D eigenvalue weighted by Gasteiger charge is 2.46. The van der Waals surface area contributed by atoms with Crippen LogP contribution in [-0.4, -0.2) is 5.78 Å². The number of Topliss-reactive ketones (excluding diaryl/α,β-unsaturated/α-hetero) is 1. The smallest absolute Gasteiger partial charge is 0.197 e. The van der Waals surface area contributed by atoms with Gasteiger partial charge in [-0.05, 0) is 158 Å². The molecule has 0 bridgehead atoms. The molecule has 0 spiro atoms. The van der Waals surface area contributed by atoms with Gasteiger partial charge in [0.1, 0.15) is 11.3 Å². The Morgan fingerprint density at radius 2 is 1.31 bits per heavy atom. The molecule has 3 atom stereocenters. The van der Waals surface area contributed by atoms with Gasteiger partial charge in [-0.15, -0.1) is 0 Å². The maximum atomic E-state index is 15.7. The van der Waals surface area contributed by atoms with Crippen LogP contribution in [0.4, 0.5) is 0 Å². The molecule has 282 valence electrons. The summed E-state index contributed by atoms with van der Waals surface area (Å²) in [5, 5.41) is 0.618. The van der Waals surface area contributed by atoms with Gasteiger partial charge in [-0.3, -0.25) is 9.59 Å². The number of ketones is 1. The number of rotatable bonds is 6. The first-order valence-electron chi connectivity index (χ1n) is 20.0. The van der Waals surface area contributed by atoms with Gasteiger partial charge in [0, 0.05) is 34.1 Å². The van der Waals surface area contributed by atoms with Gasteiger partial charge in [-0.25, -0.2) is 0 Å². The highest BCUT2D eigenvalue weighted by Crippen LogP contribution is 2.55. The number of carbonyl (C=O) groups excluding carboxylic acids is 1. The molecule has 0 saturated heterocycles. The average Bonchev–Trinajstić information content (AvgIpc) is 3.19. The molecule has 7 rings (SSSR count). The molecule has 1 aromatic heterocycles. The van der Waals surface area contributed by atoms with Crippen LogP contribution >= 0.6 is 0 Å². The maximum absolute atomic E-state index is 15.7. The van der Waals surface area contributed by atoms with E-state index in [9.17, 15) is 0 Å². The van der Waals surface area contributed by atoms with Gasteiger partial charge >= 0.3 is 0 Å². The van der Waals surface area contributed by atoms with Crippen molar-refractivity contribution in [2.75, 3.05) is 0 Å². The number of hydrogen-bond donors (Lipinski definition) is 0. The van der Waals surface area contributed by atoms with Crippen molar-refractivity contribution in [2.45, 2.75) is 114 Å². The third-order valence-corrected chi connectivity index (χ3v) is 12.3. The lowest BCUT2D eigenvalue weighted by Gasteiger charge is -2.37. The van der Waals surface area contributed by atoms with Crippen LogP contribution in [0.5, 0.6) is 0 Å². The highest BCUT2D eigenvalue weighted by molar-refractivity contribution is 6.10. The van der Waals surface area contributed by atoms with Gasteiger partial charge in [-0.2, -0.15) is 0 Å². The Morgan fingerprint density at radius 1 is 0.691 bits per heavy atom. The van der Waals surface area contributed by atoms with Crippen LogP contribution in [0.15, 0.2) is 92.7 Å². The van der Waals surface area contributed by atoms with Gasteiger partial charge in [0.15, 0.2) is 11.2 Å². The third-order valence-electron chi connectivity index (χ3n) is 12.3. The molecule has 1 heterocycles. The van der Waals surface area contributed by atoms with Gasteiger partial charge < -0.3 is 4.42 Å². The Hall–Kier alpha value is -5.02. The lowest BCUT2D eigenvalue weighted by molar-refractivity contribution is 0.0883. The van der Waals surface area contributed by atoms with E-state index in [1.807, 2.05) is 6.92 Å². The van der Waals surface area contributed by atoms with Crippen molar-refractivity contribution in [3.05, 3.63) is 160 Å². The molecule has 0 amide bonds. The summed E-state index contributed by atoms with van der Waals surface area (Å²) in [5.41, 5.74) is 19.8. The fourth-order valence-electron chi connectivity index (χ4n) is 9.64. The summed E-state index contributed by atoms with van der Waals surface area (Å²) in [5.74, 6) is 0.0945. The zero-order valence-electron chi connectivity index (χ0n) is 34.9. The summed E-state index contributed by atoms with van der Waals surface area (Å²) in [7, 11) is 0. The van der Waals surface area contributed by atoms with E-state index in [1.54, 1.807) is 0 Å². The molecule has 0 fully saturated rings. The fraction of sp³-hybridized carbons (Fsp3) is 0.346. The topological polar surface area (TPSA) is 47.3 Å². The quantitative estimate of drug-likeness (QED) is 0.164. The largest absolute Gasteiger partial charge is 0.455 e. The molecule has 2 aliphatic carbocycles. The molecular formula is C52H56O3. The summed E-state index contributed by atoms with van der Waals surface area (Å²) in [6.45, 7) is 25.5. The first-order chi connectivity index (χ1) is 26.1. The van der Waals surface area contributed by atoms with E-state index in [1.165, 1.54) is 39.0 Å². The Kier molecular flexibility index (Phi) is 10.1. The van der Waals surface area contributed by atoms with Crippen molar-refractivity contribution in [3.63, 3.8) is 0 Å². The highest BCUT2D eigenvalue weighted by atomic mass is 16.3. The van der Waals surface area contributed by atoms with E-state index < -0.39 is 0 Å². The number of carbonyl (C=O) groups is 1. The minimum absolute atomic E-state index is 0.00763. The average molecular weight is 729 g/mol. The van der Waals surface area contributed by atoms with Crippen molar-refractivity contribution in [1.29, 1.82) is 0 Å². The first kappa shape index (κ1) is 38.3. The van der Waals surface area contributed by atoms with Crippen LogP contribution in [0.25, 0.3) is 33.4 Å². The lowest BCUT2D eigenvalue weighted by Crippen LogP contribution is -2.31. The van der Waals surface area contributed by atoms with E-state index in [4.69, 9.17) is 4.42 Å². The molecule has 2 aliphatic rings. The molecular weight excluding hydrogens is 673 g/mol. The molecule has 3 unspecified atom stereocenters. The van der Waals surface area contributed by atoms with E-state index in [-0.39, 0.29) is 29.0 Å². The second-order valence-corrected chi connectivity index (χ2v) is 17.2. The van der Waals surface area contributed by atoms with Crippen molar-refractivity contribution in [2.24, 2.45) is 5.92 Å². The van der Waals surface area contributed by atoms with E-state index in [0.717, 1.165) is 68.5 Å². The van der Waals surface area contributed by atoms with Crippen LogP contribution in [0.3, 0.4) is 0 Å². The van der Waals surface area contributed by atoms with E-state index in [2.05, 4.69) is 143 Å². The summed E-state index contributed by atoms with van der Waals surface area (Å²) in [6.07, 6.45) is 8.76. The molecule has 5 aromatic rings. The molecule has 55 heavy (non-hydrogen) atoms. The Labute approximate surface area is 327 Å². The summed E-state index contributed by atoms with van der Waals surface area (Å²) < 4.78 is 7.33. The lowest BCUT2D eigenvalue weighted by atomic mass is 9.65. The number of benzene rings is 4. The van der Waals surface area contributed by atoms with Crippen LogP contribution in [0, 0.1) is 54.4 Å². The summed E-state index contributed by atoms with van der Waals surface area (Å²) in [6, 6.07) is 17.4. The molecule has 0 saturated carbocycles. The van der Waals surface area contributed by atoms with E-state index >= 15 is 9.59 Å². The van der Waals surface area contributed by atoms with Crippen LogP contribution in [0.1, 0.15) is 124 Å². The summed E-state index contributed by atoms with van der Waals surface area (Å²) >= 11 is 0. The molecule has 0 aliphatic heterocycles. The predicted octanol–water partition coefficient (Wildman–Crippen LogP) is 13.3. The molecule has 0 radical (unpaired) electrons. The Balaban J connectivity index is 1.66.